The van der Waals surface area contributed by atoms with E-state index in [0.717, 1.165) is 50.0 Å². The number of hydrogen-bond acceptors (Lipinski definition) is 6. The third-order valence-corrected chi connectivity index (χ3v) is 7.54. The number of hydrogen-bond donors (Lipinski definition) is 3. The minimum atomic E-state index is 0.225. The number of rotatable bonds is 5. The molecule has 0 unspecified atom stereocenters. The number of H-pyrrole nitrogens is 2. The number of phenols is 1. The smallest absolute Gasteiger partial charge is 0.168 e. The van der Waals surface area contributed by atoms with Gasteiger partial charge in [-0.2, -0.15) is 0 Å². The number of nitrogens with one attached hydrogen (secondary N) is 2. The largest absolute Gasteiger partial charge is 0.507 e. The summed E-state index contributed by atoms with van der Waals surface area (Å²) < 4.78 is 17.6. The molecule has 0 aliphatic carbocycles. The van der Waals surface area contributed by atoms with Gasteiger partial charge in [0.2, 0.25) is 0 Å². The lowest BCUT2D eigenvalue weighted by atomic mass is 9.99. The van der Waals surface area contributed by atoms with E-state index < -0.39 is 0 Å². The second-order valence-electron chi connectivity index (χ2n) is 10.1. The molecule has 3 aromatic heterocycles. The molecule has 212 valence electrons. The average Bonchev–Trinajstić information content (AvgIpc) is 3.84. The lowest BCUT2D eigenvalue weighted by Gasteiger charge is -2.08. The van der Waals surface area contributed by atoms with Crippen molar-refractivity contribution in [1.82, 2.24) is 19.9 Å². The Morgan fingerprint density at radius 3 is 1.91 bits per heavy atom. The van der Waals surface area contributed by atoms with Gasteiger partial charge in [-0.15, -0.1) is 0 Å². The third kappa shape index (κ3) is 4.59. The Hall–Kier alpha value is -5.76. The predicted octanol–water partition coefficient (Wildman–Crippen LogP) is 7.72. The second kappa shape index (κ2) is 10.6. The van der Waals surface area contributed by atoms with E-state index in [1.165, 1.54) is 0 Å². The third-order valence-electron chi connectivity index (χ3n) is 7.54. The number of para-hydroxylation sites is 1. The van der Waals surface area contributed by atoms with Gasteiger partial charge in [-0.3, -0.25) is 0 Å². The number of methoxy groups -OCH3 is 3. The Balaban J connectivity index is 1.57. The highest BCUT2D eigenvalue weighted by Gasteiger charge is 2.18. The van der Waals surface area contributed by atoms with Gasteiger partial charge in [-0.1, -0.05) is 36.4 Å². The summed E-state index contributed by atoms with van der Waals surface area (Å²) in [6, 6.07) is 23.3. The highest BCUT2D eigenvalue weighted by molar-refractivity contribution is 5.94. The van der Waals surface area contributed by atoms with E-state index >= 15 is 0 Å². The molecule has 5 aromatic rings. The SMILES string of the molecule is COc1c2nc(cc3cc(-c4cccc(-c5ccccc5O)c4)c([nH]3)c(OC)c3nc(c(OC)c4ccc1[nH]4)C=C3)C=C2. The van der Waals surface area contributed by atoms with Crippen LogP contribution >= 0.6 is 0 Å². The second-order valence-corrected chi connectivity index (χ2v) is 10.1. The number of benzene rings is 2. The molecule has 0 fully saturated rings. The monoisotopic (exact) mass is 568 g/mol. The first-order valence-electron chi connectivity index (χ1n) is 13.7. The van der Waals surface area contributed by atoms with E-state index in [4.69, 9.17) is 24.2 Å². The van der Waals surface area contributed by atoms with Gasteiger partial charge in [0.05, 0.1) is 43.6 Å². The molecule has 0 atom stereocenters. The van der Waals surface area contributed by atoms with Crippen molar-refractivity contribution in [3.05, 3.63) is 95.6 Å². The van der Waals surface area contributed by atoms with Crippen molar-refractivity contribution in [3.63, 3.8) is 0 Å². The van der Waals surface area contributed by atoms with Gasteiger partial charge in [-0.05, 0) is 71.8 Å². The molecule has 8 heteroatoms. The maximum absolute atomic E-state index is 10.5. The number of fused-ring (bicyclic) bond motifs is 8. The van der Waals surface area contributed by atoms with Gasteiger partial charge < -0.3 is 29.3 Å². The van der Waals surface area contributed by atoms with Gasteiger partial charge in [0.15, 0.2) is 17.2 Å². The molecule has 0 saturated carbocycles. The molecule has 0 radical (unpaired) electrons. The average molecular weight is 569 g/mol. The van der Waals surface area contributed by atoms with Crippen LogP contribution < -0.4 is 14.2 Å². The molecule has 7 rings (SSSR count). The van der Waals surface area contributed by atoms with Gasteiger partial charge in [0.25, 0.3) is 0 Å². The zero-order valence-electron chi connectivity index (χ0n) is 23.8. The van der Waals surface area contributed by atoms with Crippen LogP contribution in [0.25, 0.3) is 68.6 Å². The lowest BCUT2D eigenvalue weighted by Crippen LogP contribution is -1.91. The molecule has 2 aliphatic rings. The minimum Gasteiger partial charge on any atom is -0.507 e. The first kappa shape index (κ1) is 26.2. The van der Waals surface area contributed by atoms with E-state index in [9.17, 15) is 5.11 Å². The van der Waals surface area contributed by atoms with Crippen molar-refractivity contribution < 1.29 is 19.3 Å². The van der Waals surface area contributed by atoms with Crippen LogP contribution in [0.5, 0.6) is 23.0 Å². The summed E-state index contributed by atoms with van der Waals surface area (Å²) in [7, 11) is 4.89. The molecule has 3 N–H and O–H groups in total. The molecular weight excluding hydrogens is 540 g/mol. The fourth-order valence-corrected chi connectivity index (χ4v) is 5.59. The van der Waals surface area contributed by atoms with E-state index in [1.807, 2.05) is 78.9 Å². The summed E-state index contributed by atoms with van der Waals surface area (Å²) in [5.41, 5.74) is 9.40. The van der Waals surface area contributed by atoms with Crippen molar-refractivity contribution in [2.45, 2.75) is 0 Å². The summed E-state index contributed by atoms with van der Waals surface area (Å²) in [4.78, 5) is 16.7. The van der Waals surface area contributed by atoms with Crippen molar-refractivity contribution in [2.24, 2.45) is 0 Å². The van der Waals surface area contributed by atoms with E-state index in [0.29, 0.717) is 34.3 Å². The maximum Gasteiger partial charge on any atom is 0.168 e. The van der Waals surface area contributed by atoms with E-state index in [-0.39, 0.29) is 5.75 Å². The van der Waals surface area contributed by atoms with Gasteiger partial charge in [-0.25, -0.2) is 9.97 Å². The fraction of sp³-hybridized carbons (Fsp3) is 0.0857. The summed E-state index contributed by atoms with van der Waals surface area (Å²) >= 11 is 0. The molecule has 5 heterocycles. The number of ether oxygens (including phenoxy) is 3. The fourth-order valence-electron chi connectivity index (χ4n) is 5.59. The first-order valence-corrected chi connectivity index (χ1v) is 13.7. The van der Waals surface area contributed by atoms with Crippen LogP contribution in [0.15, 0.2) is 72.8 Å². The van der Waals surface area contributed by atoms with Gasteiger partial charge in [0.1, 0.15) is 22.8 Å². The molecule has 8 bridgehead atoms. The first-order chi connectivity index (χ1) is 21.1. The van der Waals surface area contributed by atoms with Crippen LogP contribution in [-0.4, -0.2) is 46.4 Å². The molecule has 43 heavy (non-hydrogen) atoms. The Bertz CT molecular complexity index is 2120. The normalized spacial score (nSPS) is 12.0. The van der Waals surface area contributed by atoms with Crippen LogP contribution in [0.4, 0.5) is 0 Å². The number of nitrogens with zero attached hydrogens (tertiary/aromatic N) is 2. The highest BCUT2D eigenvalue weighted by atomic mass is 16.5. The molecule has 2 aliphatic heterocycles. The predicted molar refractivity (Wildman–Crippen MR) is 171 cm³/mol. The van der Waals surface area contributed by atoms with Gasteiger partial charge >= 0.3 is 0 Å². The van der Waals surface area contributed by atoms with E-state index in [1.54, 1.807) is 27.4 Å². The Kier molecular flexibility index (Phi) is 6.43. The van der Waals surface area contributed by atoms with Crippen LogP contribution in [0.1, 0.15) is 22.8 Å². The zero-order valence-corrected chi connectivity index (χ0v) is 23.8. The van der Waals surface area contributed by atoms with E-state index in [2.05, 4.69) is 22.1 Å². The molecule has 8 nitrogen and oxygen atoms in total. The van der Waals surface area contributed by atoms with Crippen molar-refractivity contribution in [3.8, 4) is 45.3 Å². The Labute approximate surface area is 247 Å². The zero-order chi connectivity index (χ0) is 29.5. The number of aromatic hydroxyl groups is 1. The van der Waals surface area contributed by atoms with Crippen LogP contribution in [0, 0.1) is 0 Å². The van der Waals surface area contributed by atoms with Crippen molar-refractivity contribution in [2.75, 3.05) is 21.3 Å². The standard InChI is InChI=1S/C35H28N4O4/c1-41-33-26-12-11-22(36-26)18-23-19-25(21-8-6-7-20(17-21)24-9-4-5-10-31(24)40)32(37-23)35(43-3)30-16-15-29(39-30)34(42-2)28-14-13-27(33)38-28/h4-19,37-38,40H,1-3H3. The lowest BCUT2D eigenvalue weighted by molar-refractivity contribution is 0.413. The molecular formula is C35H28N4O4. The number of phenolic OH excluding ortho intramolecular Hbond substituents is 1. The molecule has 0 saturated heterocycles. The summed E-state index contributed by atoms with van der Waals surface area (Å²) in [6.07, 6.45) is 7.71. The van der Waals surface area contributed by atoms with Crippen LogP contribution in [0.3, 0.4) is 0 Å². The number of aromatic nitrogens is 4. The summed E-state index contributed by atoms with van der Waals surface area (Å²) in [5.74, 6) is 2.01. The summed E-state index contributed by atoms with van der Waals surface area (Å²) in [5, 5.41) is 10.5. The van der Waals surface area contributed by atoms with Crippen molar-refractivity contribution in [1.29, 1.82) is 0 Å². The topological polar surface area (TPSA) is 105 Å². The molecule has 0 spiro atoms. The number of aromatic amines is 2. The maximum atomic E-state index is 10.5. The molecule has 2 aromatic carbocycles. The quantitative estimate of drug-likeness (QED) is 0.196. The van der Waals surface area contributed by atoms with Crippen LogP contribution in [0.2, 0.25) is 0 Å². The molecule has 0 amide bonds. The Morgan fingerprint density at radius 2 is 1.21 bits per heavy atom. The van der Waals surface area contributed by atoms with Crippen LogP contribution in [-0.2, 0) is 0 Å². The highest BCUT2D eigenvalue weighted by Crippen LogP contribution is 2.39. The minimum absolute atomic E-state index is 0.225. The van der Waals surface area contributed by atoms with Crippen molar-refractivity contribution >= 4 is 46.4 Å². The summed E-state index contributed by atoms with van der Waals surface area (Å²) in [6.45, 7) is 0. The van der Waals surface area contributed by atoms with Gasteiger partial charge in [0, 0.05) is 16.6 Å². The Morgan fingerprint density at radius 1 is 0.581 bits per heavy atom.